The predicted octanol–water partition coefficient (Wildman–Crippen LogP) is 4.81. The molecule has 2 aromatic carbocycles. The fourth-order valence-electron chi connectivity index (χ4n) is 5.37. The lowest BCUT2D eigenvalue weighted by molar-refractivity contribution is 0.0685. The van der Waals surface area contributed by atoms with Crippen LogP contribution >= 0.6 is 11.6 Å². The van der Waals surface area contributed by atoms with E-state index in [9.17, 15) is 22.0 Å². The number of halogens is 3. The minimum absolute atomic E-state index is 0.00262. The van der Waals surface area contributed by atoms with Gasteiger partial charge in [0.25, 0.3) is 0 Å². The smallest absolute Gasteiger partial charge is 0.320 e. The molecule has 2 atom stereocenters. The SMILES string of the molecule is CCCN1CCN(C(=O)N2CCC[C@H](N(Cc3cc(F)ccc3F)S(=O)(=O)c3ccc(Cl)cc3)C2)[C@H](C)C1. The Hall–Kier alpha value is -2.27. The molecule has 0 N–H and O–H groups in total. The van der Waals surface area contributed by atoms with Gasteiger partial charge in [-0.25, -0.2) is 22.0 Å². The van der Waals surface area contributed by atoms with Crippen LogP contribution in [0.25, 0.3) is 0 Å². The van der Waals surface area contributed by atoms with E-state index in [4.69, 9.17) is 11.6 Å². The second kappa shape index (κ2) is 12.3. The third kappa shape index (κ3) is 6.47. The van der Waals surface area contributed by atoms with Crippen LogP contribution in [-0.4, -0.2) is 84.8 Å². The van der Waals surface area contributed by atoms with Gasteiger partial charge in [-0.1, -0.05) is 18.5 Å². The second-order valence-corrected chi connectivity index (χ2v) is 12.4. The molecule has 0 radical (unpaired) electrons. The molecule has 2 aromatic rings. The topological polar surface area (TPSA) is 64.2 Å². The number of carbonyl (C=O) groups is 1. The van der Waals surface area contributed by atoms with E-state index in [1.54, 1.807) is 4.90 Å². The number of rotatable bonds is 7. The molecular formula is C27H35ClF2N4O3S. The lowest BCUT2D eigenvalue weighted by atomic mass is 10.0. The minimum atomic E-state index is -4.12. The van der Waals surface area contributed by atoms with Crippen LogP contribution in [0.2, 0.25) is 5.02 Å². The third-order valence-corrected chi connectivity index (χ3v) is 9.49. The molecule has 0 spiro atoms. The quantitative estimate of drug-likeness (QED) is 0.481. The lowest BCUT2D eigenvalue weighted by Crippen LogP contribution is -2.60. The molecule has 0 aromatic heterocycles. The number of sulfonamides is 1. The summed E-state index contributed by atoms with van der Waals surface area (Å²) in [6, 6.07) is 8.09. The number of amides is 2. The summed E-state index contributed by atoms with van der Waals surface area (Å²) in [6.45, 7) is 7.71. The Labute approximate surface area is 229 Å². The van der Waals surface area contributed by atoms with Crippen LogP contribution in [0.4, 0.5) is 13.6 Å². The van der Waals surface area contributed by atoms with Crippen LogP contribution in [0.15, 0.2) is 47.4 Å². The van der Waals surface area contributed by atoms with Gasteiger partial charge in [0, 0.05) is 61.9 Å². The molecule has 2 aliphatic heterocycles. The van der Waals surface area contributed by atoms with Gasteiger partial charge >= 0.3 is 6.03 Å². The van der Waals surface area contributed by atoms with Crippen molar-refractivity contribution < 1.29 is 22.0 Å². The molecular weight excluding hydrogens is 534 g/mol. The molecule has 2 amide bonds. The molecule has 38 heavy (non-hydrogen) atoms. The van der Waals surface area contributed by atoms with E-state index in [0.717, 1.165) is 44.3 Å². The van der Waals surface area contributed by atoms with Crippen molar-refractivity contribution >= 4 is 27.7 Å². The highest BCUT2D eigenvalue weighted by Crippen LogP contribution is 2.28. The maximum atomic E-state index is 14.6. The van der Waals surface area contributed by atoms with Gasteiger partial charge in [0.2, 0.25) is 10.0 Å². The number of nitrogens with zero attached hydrogens (tertiary/aromatic N) is 4. The van der Waals surface area contributed by atoms with Crippen LogP contribution in [0, 0.1) is 11.6 Å². The van der Waals surface area contributed by atoms with E-state index >= 15 is 0 Å². The Bertz CT molecular complexity index is 1230. The summed E-state index contributed by atoms with van der Waals surface area (Å²) in [5.41, 5.74) is -0.0633. The Morgan fingerprint density at radius 3 is 2.50 bits per heavy atom. The van der Waals surface area contributed by atoms with E-state index in [0.29, 0.717) is 31.0 Å². The van der Waals surface area contributed by atoms with Crippen molar-refractivity contribution in [2.75, 3.05) is 39.3 Å². The van der Waals surface area contributed by atoms with Crippen molar-refractivity contribution in [3.63, 3.8) is 0 Å². The van der Waals surface area contributed by atoms with Crippen LogP contribution in [-0.2, 0) is 16.6 Å². The fourth-order valence-corrected chi connectivity index (χ4v) is 7.12. The molecule has 208 valence electrons. The number of hydrogen-bond acceptors (Lipinski definition) is 4. The van der Waals surface area contributed by atoms with Crippen LogP contribution < -0.4 is 0 Å². The Morgan fingerprint density at radius 2 is 1.82 bits per heavy atom. The molecule has 2 aliphatic rings. The number of benzene rings is 2. The van der Waals surface area contributed by atoms with E-state index in [1.807, 2.05) is 11.8 Å². The van der Waals surface area contributed by atoms with Gasteiger partial charge < -0.3 is 9.80 Å². The Kier molecular flexibility index (Phi) is 9.28. The molecule has 0 aliphatic carbocycles. The van der Waals surface area contributed by atoms with Crippen LogP contribution in [0.3, 0.4) is 0 Å². The number of likely N-dealkylation sites (tertiary alicyclic amines) is 1. The normalized spacial score (nSPS) is 21.2. The second-order valence-electron chi connectivity index (χ2n) is 10.1. The average Bonchev–Trinajstić information content (AvgIpc) is 2.89. The monoisotopic (exact) mass is 568 g/mol. The Morgan fingerprint density at radius 1 is 1.08 bits per heavy atom. The molecule has 0 bridgehead atoms. The summed E-state index contributed by atoms with van der Waals surface area (Å²) in [6.07, 6.45) is 2.14. The number of carbonyl (C=O) groups excluding carboxylic acids is 1. The van der Waals surface area contributed by atoms with Crippen molar-refractivity contribution in [2.24, 2.45) is 0 Å². The van der Waals surface area contributed by atoms with E-state index in [2.05, 4.69) is 11.8 Å². The van der Waals surface area contributed by atoms with Crippen molar-refractivity contribution in [1.29, 1.82) is 0 Å². The molecule has 2 heterocycles. The molecule has 4 rings (SSSR count). The molecule has 0 saturated carbocycles. The number of piperazine rings is 1. The highest BCUT2D eigenvalue weighted by atomic mass is 35.5. The largest absolute Gasteiger partial charge is 0.323 e. The molecule has 7 nitrogen and oxygen atoms in total. The summed E-state index contributed by atoms with van der Waals surface area (Å²) < 4.78 is 57.5. The van der Waals surface area contributed by atoms with Gasteiger partial charge in [-0.3, -0.25) is 4.90 Å². The fraction of sp³-hybridized carbons (Fsp3) is 0.519. The van der Waals surface area contributed by atoms with Crippen molar-refractivity contribution in [3.8, 4) is 0 Å². The average molecular weight is 569 g/mol. The van der Waals surface area contributed by atoms with Crippen molar-refractivity contribution in [2.45, 2.75) is 56.6 Å². The first-order valence-electron chi connectivity index (χ1n) is 13.1. The first-order valence-corrected chi connectivity index (χ1v) is 14.9. The number of hydrogen-bond donors (Lipinski definition) is 0. The van der Waals surface area contributed by atoms with Crippen molar-refractivity contribution in [1.82, 2.24) is 19.0 Å². The first kappa shape index (κ1) is 28.7. The van der Waals surface area contributed by atoms with Gasteiger partial charge in [-0.2, -0.15) is 4.31 Å². The minimum Gasteiger partial charge on any atom is -0.323 e. The zero-order chi connectivity index (χ0) is 27.4. The van der Waals surface area contributed by atoms with Gasteiger partial charge in [-0.05, 0) is 75.2 Å². The highest BCUT2D eigenvalue weighted by molar-refractivity contribution is 7.89. The van der Waals surface area contributed by atoms with Crippen LogP contribution in [0.5, 0.6) is 0 Å². The van der Waals surface area contributed by atoms with Crippen molar-refractivity contribution in [3.05, 3.63) is 64.7 Å². The molecule has 2 fully saturated rings. The van der Waals surface area contributed by atoms with Crippen LogP contribution in [0.1, 0.15) is 38.7 Å². The number of urea groups is 1. The summed E-state index contributed by atoms with van der Waals surface area (Å²) >= 11 is 5.97. The highest BCUT2D eigenvalue weighted by Gasteiger charge is 2.38. The Balaban J connectivity index is 1.59. The third-order valence-electron chi connectivity index (χ3n) is 7.33. The first-order chi connectivity index (χ1) is 18.1. The van der Waals surface area contributed by atoms with Gasteiger partial charge in [-0.15, -0.1) is 0 Å². The standard InChI is InChI=1S/C27H35ClF2N4O3S/c1-3-12-31-14-15-33(20(2)17-31)27(35)32-13-4-5-24(19-32)34(18-21-16-23(29)8-11-26(21)30)38(36,37)25-9-6-22(28)7-10-25/h6-11,16,20,24H,3-5,12-15,17-19H2,1-2H3/t20-,24+/m1/s1. The van der Waals surface area contributed by atoms with E-state index in [-0.39, 0.29) is 35.6 Å². The van der Waals surface area contributed by atoms with Gasteiger partial charge in [0.15, 0.2) is 0 Å². The summed E-state index contributed by atoms with van der Waals surface area (Å²) in [4.78, 5) is 19.5. The summed E-state index contributed by atoms with van der Waals surface area (Å²) in [5, 5.41) is 0.384. The molecule has 2 saturated heterocycles. The predicted molar refractivity (Wildman–Crippen MR) is 143 cm³/mol. The lowest BCUT2D eigenvalue weighted by Gasteiger charge is -2.44. The zero-order valence-corrected chi connectivity index (χ0v) is 23.4. The van der Waals surface area contributed by atoms with E-state index in [1.165, 1.54) is 28.6 Å². The van der Waals surface area contributed by atoms with E-state index < -0.39 is 27.7 Å². The summed E-state index contributed by atoms with van der Waals surface area (Å²) in [5.74, 6) is -1.34. The number of piperidine rings is 1. The maximum absolute atomic E-state index is 14.6. The maximum Gasteiger partial charge on any atom is 0.320 e. The molecule has 11 heteroatoms. The zero-order valence-electron chi connectivity index (χ0n) is 21.8. The summed E-state index contributed by atoms with van der Waals surface area (Å²) in [7, 11) is -4.12. The molecule has 0 unspecified atom stereocenters. The van der Waals surface area contributed by atoms with Gasteiger partial charge in [0.1, 0.15) is 11.6 Å². The van der Waals surface area contributed by atoms with Gasteiger partial charge in [0.05, 0.1) is 4.90 Å².